The fourth-order valence-corrected chi connectivity index (χ4v) is 13.8. The molecule has 0 aromatic heterocycles. The number of rotatable bonds is 0. The first-order valence-corrected chi connectivity index (χ1v) is 17.9. The molecule has 0 amide bonds. The van der Waals surface area contributed by atoms with Crippen LogP contribution in [0, 0.1) is 71.0 Å². The molecule has 14 unspecified atom stereocenters. The molecule has 2 heteroatoms. The molecule has 2 saturated heterocycles. The van der Waals surface area contributed by atoms with Gasteiger partial charge in [-0.3, -0.25) is 0 Å². The largest absolute Gasteiger partial charge is 0.303 e. The van der Waals surface area contributed by atoms with Gasteiger partial charge in [0.2, 0.25) is 0 Å². The third-order valence-electron chi connectivity index (χ3n) is 14.9. The van der Waals surface area contributed by atoms with Crippen LogP contribution in [0.5, 0.6) is 0 Å². The lowest BCUT2D eigenvalue weighted by Gasteiger charge is -2.58. The zero-order chi connectivity index (χ0) is 26.0. The van der Waals surface area contributed by atoms with Crippen molar-refractivity contribution in [3.8, 4) is 0 Å². The van der Waals surface area contributed by atoms with Crippen molar-refractivity contribution < 1.29 is 0 Å². The van der Waals surface area contributed by atoms with Crippen LogP contribution in [0.4, 0.5) is 0 Å². The summed E-state index contributed by atoms with van der Waals surface area (Å²) >= 11 is 0. The van der Waals surface area contributed by atoms with Gasteiger partial charge in [-0.25, -0.2) is 0 Å². The van der Waals surface area contributed by atoms with Crippen LogP contribution in [0.15, 0.2) is 0 Å². The van der Waals surface area contributed by atoms with Crippen LogP contribution >= 0.6 is 0 Å². The second-order valence-electron chi connectivity index (χ2n) is 16.4. The first kappa shape index (κ1) is 26.8. The van der Waals surface area contributed by atoms with Gasteiger partial charge >= 0.3 is 0 Å². The van der Waals surface area contributed by atoms with Crippen molar-refractivity contribution in [2.75, 3.05) is 27.2 Å². The Hall–Kier alpha value is -0.0800. The van der Waals surface area contributed by atoms with E-state index >= 15 is 0 Å². The van der Waals surface area contributed by atoms with Gasteiger partial charge in [0.15, 0.2) is 0 Å². The van der Waals surface area contributed by atoms with E-state index in [-0.39, 0.29) is 0 Å². The lowest BCUT2D eigenvalue weighted by molar-refractivity contribution is -0.0910. The number of hydrogen-bond acceptors (Lipinski definition) is 2. The number of nitrogens with zero attached hydrogens (tertiary/aromatic N) is 2. The summed E-state index contributed by atoms with van der Waals surface area (Å²) in [5.41, 5.74) is 0. The lowest BCUT2D eigenvalue weighted by atomic mass is 9.52. The smallest absolute Gasteiger partial charge is 0.0157 e. The molecule has 6 aliphatic carbocycles. The molecule has 0 spiro atoms. The zero-order valence-corrected chi connectivity index (χ0v) is 25.7. The zero-order valence-electron chi connectivity index (χ0n) is 25.7. The first-order chi connectivity index (χ1) is 18.5. The molecule has 0 N–H and O–H groups in total. The molecule has 8 rings (SSSR count). The van der Waals surface area contributed by atoms with Gasteiger partial charge in [0, 0.05) is 12.1 Å². The van der Waals surface area contributed by atoms with E-state index in [1.165, 1.54) is 58.0 Å². The van der Waals surface area contributed by atoms with E-state index in [1.54, 1.807) is 57.8 Å². The van der Waals surface area contributed by atoms with Crippen molar-refractivity contribution in [1.82, 2.24) is 9.80 Å². The molecule has 8 fully saturated rings. The highest BCUT2D eigenvalue weighted by molar-refractivity contribution is 5.07. The number of hydrogen-bond donors (Lipinski definition) is 0. The Morgan fingerprint density at radius 1 is 0.368 bits per heavy atom. The van der Waals surface area contributed by atoms with E-state index < -0.39 is 0 Å². The van der Waals surface area contributed by atoms with E-state index in [4.69, 9.17) is 0 Å². The molecule has 2 nitrogen and oxygen atoms in total. The summed E-state index contributed by atoms with van der Waals surface area (Å²) in [5.74, 6) is 12.9. The van der Waals surface area contributed by atoms with E-state index in [1.807, 2.05) is 0 Å². The number of piperidine rings is 2. The fraction of sp³-hybridized carbons (Fsp3) is 1.00. The van der Waals surface area contributed by atoms with Gasteiger partial charge in [-0.15, -0.1) is 0 Å². The molecule has 216 valence electrons. The molecule has 0 radical (unpaired) electrons. The SMILES string of the molecule is CC1CCC2C3CCCCC3C3CCCN(C)C3C12.CC1CCCC2C3CCCC3C3CCCN(C)C3C12. The highest BCUT2D eigenvalue weighted by Gasteiger charge is 2.56. The summed E-state index contributed by atoms with van der Waals surface area (Å²) in [6.45, 7) is 7.88. The Balaban J connectivity index is 0.000000127. The monoisotopic (exact) mass is 522 g/mol. The van der Waals surface area contributed by atoms with Gasteiger partial charge in [-0.05, 0) is 162 Å². The molecule has 0 bridgehead atoms. The summed E-state index contributed by atoms with van der Waals surface area (Å²) in [7, 11) is 4.87. The molecule has 0 aromatic rings. The van der Waals surface area contributed by atoms with Crippen molar-refractivity contribution >= 4 is 0 Å². The molecule has 0 aromatic carbocycles. The third kappa shape index (κ3) is 4.39. The molecule has 2 aliphatic heterocycles. The summed E-state index contributed by atoms with van der Waals surface area (Å²) in [6, 6.07) is 1.91. The van der Waals surface area contributed by atoms with Crippen molar-refractivity contribution in [3.05, 3.63) is 0 Å². The Kier molecular flexibility index (Phi) is 7.73. The summed E-state index contributed by atoms with van der Waals surface area (Å²) in [6.07, 6.45) is 24.6. The standard InChI is InChI=1S/2C18H31N/c1-12-6-3-9-15-13-7-4-8-14(13)16-10-5-11-19(2)18(16)17(12)15;1-12-9-10-15-13-6-3-4-7-14(13)16-8-5-11-19(2)18(16)17(12)15/h2*12-18H,3-11H2,1-2H3. The van der Waals surface area contributed by atoms with Crippen LogP contribution in [0.25, 0.3) is 0 Å². The molecule has 8 aliphatic rings. The normalized spacial score (nSPS) is 54.3. The van der Waals surface area contributed by atoms with Crippen molar-refractivity contribution in [1.29, 1.82) is 0 Å². The molecule has 38 heavy (non-hydrogen) atoms. The highest BCUT2D eigenvalue weighted by Crippen LogP contribution is 2.60. The molecule has 2 heterocycles. The molecular weight excluding hydrogens is 460 g/mol. The van der Waals surface area contributed by atoms with Crippen LogP contribution in [-0.4, -0.2) is 49.1 Å². The second-order valence-corrected chi connectivity index (χ2v) is 16.4. The molecular formula is C36H62N2. The van der Waals surface area contributed by atoms with Crippen molar-refractivity contribution in [2.45, 2.75) is 129 Å². The summed E-state index contributed by atoms with van der Waals surface area (Å²) in [4.78, 5) is 5.56. The van der Waals surface area contributed by atoms with Gasteiger partial charge in [-0.1, -0.05) is 52.4 Å². The second kappa shape index (κ2) is 11.0. The highest BCUT2D eigenvalue weighted by atomic mass is 15.2. The van der Waals surface area contributed by atoms with Gasteiger partial charge in [0.1, 0.15) is 0 Å². The van der Waals surface area contributed by atoms with Crippen LogP contribution in [0.2, 0.25) is 0 Å². The van der Waals surface area contributed by atoms with Crippen LogP contribution < -0.4 is 0 Å². The first-order valence-electron chi connectivity index (χ1n) is 17.9. The van der Waals surface area contributed by atoms with Gasteiger partial charge in [0.05, 0.1) is 0 Å². The van der Waals surface area contributed by atoms with Gasteiger partial charge in [-0.2, -0.15) is 0 Å². The van der Waals surface area contributed by atoms with Gasteiger partial charge in [0.25, 0.3) is 0 Å². The maximum Gasteiger partial charge on any atom is 0.0157 e. The predicted molar refractivity (Wildman–Crippen MR) is 160 cm³/mol. The lowest BCUT2D eigenvalue weighted by Crippen LogP contribution is -2.59. The van der Waals surface area contributed by atoms with Crippen LogP contribution in [0.1, 0.15) is 117 Å². The van der Waals surface area contributed by atoms with Crippen molar-refractivity contribution in [3.63, 3.8) is 0 Å². The summed E-state index contributed by atoms with van der Waals surface area (Å²) in [5, 5.41) is 0. The number of likely N-dealkylation sites (tertiary alicyclic amines) is 2. The topological polar surface area (TPSA) is 6.48 Å². The maximum absolute atomic E-state index is 2.78. The minimum absolute atomic E-state index is 0.952. The maximum atomic E-state index is 2.78. The minimum Gasteiger partial charge on any atom is -0.303 e. The Labute approximate surface area is 236 Å². The summed E-state index contributed by atoms with van der Waals surface area (Å²) < 4.78 is 0. The Morgan fingerprint density at radius 3 is 1.34 bits per heavy atom. The Bertz CT molecular complexity index is 773. The quantitative estimate of drug-likeness (QED) is 0.315. The van der Waals surface area contributed by atoms with E-state index in [9.17, 15) is 0 Å². The van der Waals surface area contributed by atoms with Crippen molar-refractivity contribution in [2.24, 2.45) is 71.0 Å². The van der Waals surface area contributed by atoms with Crippen LogP contribution in [0.3, 0.4) is 0 Å². The van der Waals surface area contributed by atoms with E-state index in [0.717, 1.165) is 83.1 Å². The average Bonchev–Trinajstić information content (AvgIpc) is 3.58. The fourth-order valence-electron chi connectivity index (χ4n) is 13.8. The average molecular weight is 523 g/mol. The van der Waals surface area contributed by atoms with E-state index in [0.29, 0.717) is 0 Å². The minimum atomic E-state index is 0.952. The number of fused-ring (bicyclic) bond motifs is 12. The predicted octanol–water partition coefficient (Wildman–Crippen LogP) is 8.36. The third-order valence-corrected chi connectivity index (χ3v) is 14.9. The molecule has 6 saturated carbocycles. The molecule has 14 atom stereocenters. The van der Waals surface area contributed by atoms with Gasteiger partial charge < -0.3 is 9.80 Å². The Morgan fingerprint density at radius 2 is 0.763 bits per heavy atom. The van der Waals surface area contributed by atoms with E-state index in [2.05, 4.69) is 37.7 Å². The van der Waals surface area contributed by atoms with Crippen LogP contribution in [-0.2, 0) is 0 Å².